The molecule has 1 aliphatic rings. The standard InChI is InChI=1S/C8H10N4O4S/c13-4-1-5(6(14)15)12(2-4)8(16)10-7-11-9-3-17-7/h3-5,13H,1-2H2,(H,14,15)(H,10,11,16)/t4-,5+/m1/s1. The van der Waals surface area contributed by atoms with Gasteiger partial charge in [0.2, 0.25) is 5.13 Å². The number of hydrogen-bond donors (Lipinski definition) is 3. The van der Waals surface area contributed by atoms with Gasteiger partial charge in [0.05, 0.1) is 6.10 Å². The highest BCUT2D eigenvalue weighted by Gasteiger charge is 2.39. The van der Waals surface area contributed by atoms with E-state index in [9.17, 15) is 14.7 Å². The van der Waals surface area contributed by atoms with Crippen molar-refractivity contribution in [2.45, 2.75) is 18.6 Å². The Bertz CT molecular complexity index is 423. The Kier molecular flexibility index (Phi) is 3.20. The lowest BCUT2D eigenvalue weighted by molar-refractivity contribution is -0.141. The minimum atomic E-state index is -1.13. The van der Waals surface area contributed by atoms with Crippen molar-refractivity contribution in [1.82, 2.24) is 15.1 Å². The van der Waals surface area contributed by atoms with Gasteiger partial charge in [0.25, 0.3) is 0 Å². The molecule has 0 unspecified atom stereocenters. The van der Waals surface area contributed by atoms with Crippen molar-refractivity contribution in [2.24, 2.45) is 0 Å². The zero-order valence-electron chi connectivity index (χ0n) is 8.61. The van der Waals surface area contributed by atoms with E-state index in [0.29, 0.717) is 5.13 Å². The van der Waals surface area contributed by atoms with E-state index >= 15 is 0 Å². The zero-order valence-corrected chi connectivity index (χ0v) is 9.42. The van der Waals surface area contributed by atoms with Gasteiger partial charge in [-0.05, 0) is 0 Å². The summed E-state index contributed by atoms with van der Waals surface area (Å²) in [6.07, 6.45) is -0.768. The highest BCUT2D eigenvalue weighted by Crippen LogP contribution is 2.20. The first-order valence-corrected chi connectivity index (χ1v) is 5.70. The van der Waals surface area contributed by atoms with Crippen LogP contribution in [0.5, 0.6) is 0 Å². The normalized spacial score (nSPS) is 23.7. The van der Waals surface area contributed by atoms with E-state index in [2.05, 4.69) is 15.5 Å². The van der Waals surface area contributed by atoms with Gasteiger partial charge in [0.15, 0.2) is 0 Å². The number of anilines is 1. The highest BCUT2D eigenvalue weighted by atomic mass is 32.1. The monoisotopic (exact) mass is 258 g/mol. The van der Waals surface area contributed by atoms with Gasteiger partial charge in [-0.15, -0.1) is 10.2 Å². The Balaban J connectivity index is 2.05. The van der Waals surface area contributed by atoms with Gasteiger partial charge in [-0.2, -0.15) is 0 Å². The summed E-state index contributed by atoms with van der Waals surface area (Å²) >= 11 is 1.13. The van der Waals surface area contributed by atoms with E-state index in [1.807, 2.05) is 0 Å². The summed E-state index contributed by atoms with van der Waals surface area (Å²) < 4.78 is 0. The van der Waals surface area contributed by atoms with Crippen LogP contribution in [0.2, 0.25) is 0 Å². The molecule has 1 aromatic heterocycles. The molecule has 2 atom stereocenters. The van der Waals surface area contributed by atoms with E-state index in [-0.39, 0.29) is 13.0 Å². The van der Waals surface area contributed by atoms with Crippen LogP contribution in [0.4, 0.5) is 9.93 Å². The van der Waals surface area contributed by atoms with Crippen LogP contribution >= 0.6 is 11.3 Å². The van der Waals surface area contributed by atoms with E-state index < -0.39 is 24.1 Å². The quantitative estimate of drug-likeness (QED) is 0.664. The van der Waals surface area contributed by atoms with Crippen LogP contribution in [-0.4, -0.2) is 56.0 Å². The van der Waals surface area contributed by atoms with Gasteiger partial charge in [0, 0.05) is 13.0 Å². The molecule has 92 valence electrons. The molecule has 1 aromatic rings. The molecule has 1 fully saturated rings. The Morgan fingerprint density at radius 2 is 2.35 bits per heavy atom. The third kappa shape index (κ3) is 2.50. The van der Waals surface area contributed by atoms with Crippen LogP contribution in [0.3, 0.4) is 0 Å². The zero-order chi connectivity index (χ0) is 12.4. The minimum absolute atomic E-state index is 0.00159. The average Bonchev–Trinajstić information content (AvgIpc) is 2.86. The van der Waals surface area contributed by atoms with Crippen molar-refractivity contribution in [3.63, 3.8) is 0 Å². The number of hydrogen-bond acceptors (Lipinski definition) is 6. The Morgan fingerprint density at radius 1 is 1.59 bits per heavy atom. The van der Waals surface area contributed by atoms with Crippen molar-refractivity contribution >= 4 is 28.5 Å². The first-order chi connectivity index (χ1) is 8.08. The maximum Gasteiger partial charge on any atom is 0.326 e. The van der Waals surface area contributed by atoms with Crippen LogP contribution in [0, 0.1) is 0 Å². The number of carboxylic acids is 1. The lowest BCUT2D eigenvalue weighted by Gasteiger charge is -2.20. The Labute approximate surface area is 99.9 Å². The van der Waals surface area contributed by atoms with Crippen LogP contribution in [-0.2, 0) is 4.79 Å². The molecule has 2 heterocycles. The number of urea groups is 1. The predicted octanol–water partition coefficient (Wildman–Crippen LogP) is -0.410. The lowest BCUT2D eigenvalue weighted by atomic mass is 10.2. The fourth-order valence-corrected chi connectivity index (χ4v) is 2.10. The lowest BCUT2D eigenvalue weighted by Crippen LogP contribution is -2.43. The molecule has 9 heteroatoms. The van der Waals surface area contributed by atoms with Crippen molar-refractivity contribution in [1.29, 1.82) is 0 Å². The molecule has 2 rings (SSSR count). The number of carbonyl (C=O) groups is 2. The highest BCUT2D eigenvalue weighted by molar-refractivity contribution is 7.13. The number of aromatic nitrogens is 2. The van der Waals surface area contributed by atoms with Crippen molar-refractivity contribution in [3.05, 3.63) is 5.51 Å². The predicted molar refractivity (Wildman–Crippen MR) is 57.7 cm³/mol. The second kappa shape index (κ2) is 4.63. The summed E-state index contributed by atoms with van der Waals surface area (Å²) in [4.78, 5) is 23.7. The van der Waals surface area contributed by atoms with E-state index in [0.717, 1.165) is 16.2 Å². The van der Waals surface area contributed by atoms with Gasteiger partial charge >= 0.3 is 12.0 Å². The first kappa shape index (κ1) is 11.7. The molecule has 0 radical (unpaired) electrons. The summed E-state index contributed by atoms with van der Waals surface area (Å²) in [5.74, 6) is -1.13. The topological polar surface area (TPSA) is 116 Å². The molecular formula is C8H10N4O4S. The number of carbonyl (C=O) groups excluding carboxylic acids is 1. The van der Waals surface area contributed by atoms with E-state index in [4.69, 9.17) is 5.11 Å². The van der Waals surface area contributed by atoms with E-state index in [1.54, 1.807) is 0 Å². The van der Waals surface area contributed by atoms with Crippen LogP contribution < -0.4 is 5.32 Å². The summed E-state index contributed by atoms with van der Waals surface area (Å²) in [5.41, 5.74) is 1.45. The summed E-state index contributed by atoms with van der Waals surface area (Å²) in [5, 5.41) is 28.2. The van der Waals surface area contributed by atoms with Crippen LogP contribution in [0.25, 0.3) is 0 Å². The second-order valence-corrected chi connectivity index (χ2v) is 4.40. The summed E-state index contributed by atoms with van der Waals surface area (Å²) in [6.45, 7) is 0.00159. The molecule has 1 saturated heterocycles. The second-order valence-electron chi connectivity index (χ2n) is 3.57. The summed E-state index contributed by atoms with van der Waals surface area (Å²) in [7, 11) is 0. The maximum atomic E-state index is 11.8. The minimum Gasteiger partial charge on any atom is -0.480 e. The number of aliphatic hydroxyl groups is 1. The molecule has 0 bridgehead atoms. The van der Waals surface area contributed by atoms with Gasteiger partial charge in [-0.3, -0.25) is 5.32 Å². The molecule has 0 saturated carbocycles. The molecule has 2 amide bonds. The van der Waals surface area contributed by atoms with Gasteiger partial charge in [-0.1, -0.05) is 11.3 Å². The van der Waals surface area contributed by atoms with Gasteiger partial charge in [-0.25, -0.2) is 9.59 Å². The van der Waals surface area contributed by atoms with Gasteiger partial charge < -0.3 is 15.1 Å². The number of likely N-dealkylation sites (tertiary alicyclic amines) is 1. The number of β-amino-alcohol motifs (C(OH)–C–C–N with tert-alkyl or cyclic N) is 1. The van der Waals surface area contributed by atoms with Crippen LogP contribution in [0.15, 0.2) is 5.51 Å². The SMILES string of the molecule is O=C(O)[C@@H]1C[C@@H](O)CN1C(=O)Nc1nncs1. The molecule has 8 nitrogen and oxygen atoms in total. The largest absolute Gasteiger partial charge is 0.480 e. The molecule has 0 spiro atoms. The average molecular weight is 258 g/mol. The van der Waals surface area contributed by atoms with Crippen LogP contribution in [0.1, 0.15) is 6.42 Å². The molecular weight excluding hydrogens is 248 g/mol. The molecule has 0 aliphatic carbocycles. The number of aliphatic carboxylic acids is 1. The fourth-order valence-electron chi connectivity index (χ4n) is 1.66. The van der Waals surface area contributed by atoms with Crippen molar-refractivity contribution < 1.29 is 19.8 Å². The molecule has 17 heavy (non-hydrogen) atoms. The number of carboxylic acid groups (broad SMARTS) is 1. The number of amides is 2. The number of nitrogens with one attached hydrogen (secondary N) is 1. The molecule has 1 aliphatic heterocycles. The maximum absolute atomic E-state index is 11.8. The third-order valence-corrected chi connectivity index (χ3v) is 3.01. The Hall–Kier alpha value is -1.74. The third-order valence-electron chi connectivity index (χ3n) is 2.40. The number of aliphatic hydroxyl groups excluding tert-OH is 1. The van der Waals surface area contributed by atoms with Crippen molar-refractivity contribution in [3.8, 4) is 0 Å². The molecule has 0 aromatic carbocycles. The van der Waals surface area contributed by atoms with Gasteiger partial charge in [0.1, 0.15) is 11.6 Å². The smallest absolute Gasteiger partial charge is 0.326 e. The number of rotatable bonds is 2. The van der Waals surface area contributed by atoms with Crippen molar-refractivity contribution in [2.75, 3.05) is 11.9 Å². The Morgan fingerprint density at radius 3 is 2.94 bits per heavy atom. The molecule has 3 N–H and O–H groups in total. The summed E-state index contributed by atoms with van der Waals surface area (Å²) in [6, 6.07) is -1.59. The number of nitrogens with zero attached hydrogens (tertiary/aromatic N) is 3. The first-order valence-electron chi connectivity index (χ1n) is 4.82. The fraction of sp³-hybridized carbons (Fsp3) is 0.500. The van der Waals surface area contributed by atoms with E-state index in [1.165, 1.54) is 5.51 Å².